The van der Waals surface area contributed by atoms with E-state index < -0.39 is 0 Å². The van der Waals surface area contributed by atoms with E-state index in [2.05, 4.69) is 158 Å². The van der Waals surface area contributed by atoms with Crippen molar-refractivity contribution in [2.75, 3.05) is 0 Å². The maximum absolute atomic E-state index is 6.36. The van der Waals surface area contributed by atoms with Gasteiger partial charge >= 0.3 is 0 Å². The molecule has 16 aromatic rings. The summed E-state index contributed by atoms with van der Waals surface area (Å²) < 4.78 is 25.5. The minimum Gasteiger partial charge on any atom is -0.456 e. The van der Waals surface area contributed by atoms with Gasteiger partial charge in [-0.3, -0.25) is 0 Å². The fourth-order valence-corrected chi connectivity index (χ4v) is 11.5. The number of hydrogen-bond donors (Lipinski definition) is 0. The van der Waals surface area contributed by atoms with Crippen LogP contribution in [0.4, 0.5) is 0 Å². The number of hydrogen-bond acceptors (Lipinski definition) is 4. The monoisotopic (exact) mass is 866 g/mol. The maximum atomic E-state index is 6.36. The molecule has 0 aliphatic heterocycles. The smallest absolute Gasteiger partial charge is 0.135 e. The molecule has 0 spiro atoms. The van der Waals surface area contributed by atoms with Gasteiger partial charge in [-0.05, 0) is 162 Å². The molecule has 4 heterocycles. The lowest BCUT2D eigenvalue weighted by molar-refractivity contribution is 0.668. The second-order valence-corrected chi connectivity index (χ2v) is 18.3. The summed E-state index contributed by atoms with van der Waals surface area (Å²) in [4.78, 5) is 0. The third kappa shape index (κ3) is 4.98. The topological polar surface area (TPSA) is 52.6 Å². The Balaban J connectivity index is 1.05. The highest BCUT2D eigenvalue weighted by Gasteiger charge is 2.23. The summed E-state index contributed by atoms with van der Waals surface area (Å²) in [5.74, 6) is 0. The van der Waals surface area contributed by atoms with Gasteiger partial charge < -0.3 is 17.7 Å². The summed E-state index contributed by atoms with van der Waals surface area (Å²) in [6.45, 7) is 0. The summed E-state index contributed by atoms with van der Waals surface area (Å²) in [6, 6.07) is 74.2. The number of rotatable bonds is 4. The highest BCUT2D eigenvalue weighted by atomic mass is 16.3. The Bertz CT molecular complexity index is 4200. The molecule has 0 saturated heterocycles. The van der Waals surface area contributed by atoms with Gasteiger partial charge in [-0.15, -0.1) is 0 Å². The van der Waals surface area contributed by atoms with Crippen LogP contribution in [0.15, 0.2) is 224 Å². The predicted molar refractivity (Wildman–Crippen MR) is 281 cm³/mol. The lowest BCUT2D eigenvalue weighted by atomic mass is 9.81. The first kappa shape index (κ1) is 36.1. The highest BCUT2D eigenvalue weighted by Crippen LogP contribution is 2.50. The number of para-hydroxylation sites is 4. The Kier molecular flexibility index (Phi) is 7.04. The average molecular weight is 867 g/mol. The van der Waals surface area contributed by atoms with Gasteiger partial charge in [0.1, 0.15) is 44.7 Å². The van der Waals surface area contributed by atoms with Crippen molar-refractivity contribution in [1.29, 1.82) is 0 Å². The van der Waals surface area contributed by atoms with Crippen molar-refractivity contribution in [3.05, 3.63) is 206 Å². The fourth-order valence-electron chi connectivity index (χ4n) is 11.5. The average Bonchev–Trinajstić information content (AvgIpc) is 4.17. The van der Waals surface area contributed by atoms with Crippen LogP contribution in [0.3, 0.4) is 0 Å². The van der Waals surface area contributed by atoms with E-state index in [0.29, 0.717) is 0 Å². The van der Waals surface area contributed by atoms with E-state index in [9.17, 15) is 0 Å². The zero-order valence-electron chi connectivity index (χ0n) is 36.3. The van der Waals surface area contributed by atoms with E-state index in [1.54, 1.807) is 0 Å². The van der Waals surface area contributed by atoms with Gasteiger partial charge in [0.2, 0.25) is 0 Å². The molecule has 0 aliphatic rings. The van der Waals surface area contributed by atoms with Gasteiger partial charge in [0.15, 0.2) is 0 Å². The van der Waals surface area contributed by atoms with E-state index >= 15 is 0 Å². The van der Waals surface area contributed by atoms with E-state index in [4.69, 9.17) is 17.7 Å². The predicted octanol–water partition coefficient (Wildman–Crippen LogP) is 18.8. The Morgan fingerprint density at radius 2 is 0.412 bits per heavy atom. The van der Waals surface area contributed by atoms with Gasteiger partial charge in [0.05, 0.1) is 0 Å². The van der Waals surface area contributed by atoms with Crippen molar-refractivity contribution in [1.82, 2.24) is 0 Å². The first-order valence-corrected chi connectivity index (χ1v) is 23.1. The first-order valence-electron chi connectivity index (χ1n) is 23.1. The van der Waals surface area contributed by atoms with Crippen molar-refractivity contribution in [3.63, 3.8) is 0 Å². The molecule has 12 aromatic carbocycles. The van der Waals surface area contributed by atoms with Crippen LogP contribution in [0.5, 0.6) is 0 Å². The molecule has 0 atom stereocenters. The van der Waals surface area contributed by atoms with E-state index in [0.717, 1.165) is 132 Å². The second-order valence-electron chi connectivity index (χ2n) is 18.3. The van der Waals surface area contributed by atoms with Crippen LogP contribution in [-0.4, -0.2) is 0 Å². The molecule has 16 rings (SSSR count). The van der Waals surface area contributed by atoms with Crippen LogP contribution >= 0.6 is 0 Å². The zero-order valence-corrected chi connectivity index (χ0v) is 36.3. The van der Waals surface area contributed by atoms with Crippen molar-refractivity contribution >= 4 is 120 Å². The van der Waals surface area contributed by atoms with Crippen LogP contribution in [0.2, 0.25) is 0 Å². The molecule has 4 aromatic heterocycles. The van der Waals surface area contributed by atoms with Gasteiger partial charge in [-0.1, -0.05) is 121 Å². The fraction of sp³-hybridized carbons (Fsp3) is 0. The van der Waals surface area contributed by atoms with Gasteiger partial charge in [-0.25, -0.2) is 0 Å². The minimum absolute atomic E-state index is 0.879. The summed E-state index contributed by atoms with van der Waals surface area (Å²) in [7, 11) is 0. The van der Waals surface area contributed by atoms with Gasteiger partial charge in [0, 0.05) is 43.1 Å². The second kappa shape index (κ2) is 13.3. The first-order chi connectivity index (χ1) is 33.7. The highest BCUT2D eigenvalue weighted by molar-refractivity contribution is 6.32. The molecule has 0 unspecified atom stereocenters. The van der Waals surface area contributed by atoms with Crippen molar-refractivity contribution in [2.45, 2.75) is 0 Å². The molecular weight excluding hydrogens is 833 g/mol. The SMILES string of the molecule is c1ccc2c(c1)oc1ccc(-c3cc(-c4ccc5oc6ccccc6c5c4)c4ccc5c(-c6ccc7oc8ccccc8c7c6)cc(-c6ccc7oc8ccccc8c7c6)c6ccc3c4c65)cc12. The molecule has 68 heavy (non-hydrogen) atoms. The van der Waals surface area contributed by atoms with Crippen molar-refractivity contribution < 1.29 is 17.7 Å². The summed E-state index contributed by atoms with van der Waals surface area (Å²) >= 11 is 0. The summed E-state index contributed by atoms with van der Waals surface area (Å²) in [5, 5.41) is 16.1. The number of furan rings is 4. The Morgan fingerprint density at radius 3 is 0.676 bits per heavy atom. The Labute approximate surface area is 386 Å². The third-order valence-corrected chi connectivity index (χ3v) is 14.6. The summed E-state index contributed by atoms with van der Waals surface area (Å²) in [6.07, 6.45) is 0. The van der Waals surface area contributed by atoms with Crippen LogP contribution in [-0.2, 0) is 0 Å². The van der Waals surface area contributed by atoms with Crippen LogP contribution in [0, 0.1) is 0 Å². The van der Waals surface area contributed by atoms with Crippen LogP contribution in [0.1, 0.15) is 0 Å². The minimum atomic E-state index is 0.879. The Hall–Kier alpha value is -9.12. The molecule has 0 radical (unpaired) electrons. The van der Waals surface area contributed by atoms with Gasteiger partial charge in [0.25, 0.3) is 0 Å². The van der Waals surface area contributed by atoms with E-state index in [1.165, 1.54) is 32.3 Å². The maximum Gasteiger partial charge on any atom is 0.135 e. The molecular formula is C64H34O4. The molecule has 0 amide bonds. The Morgan fingerprint density at radius 1 is 0.176 bits per heavy atom. The van der Waals surface area contributed by atoms with Crippen LogP contribution < -0.4 is 0 Å². The molecule has 4 heteroatoms. The molecule has 0 fully saturated rings. The van der Waals surface area contributed by atoms with Crippen molar-refractivity contribution in [2.24, 2.45) is 0 Å². The largest absolute Gasteiger partial charge is 0.456 e. The molecule has 0 saturated carbocycles. The lowest BCUT2D eigenvalue weighted by Gasteiger charge is -2.21. The molecule has 0 aliphatic carbocycles. The molecule has 0 bridgehead atoms. The van der Waals surface area contributed by atoms with Gasteiger partial charge in [-0.2, -0.15) is 0 Å². The van der Waals surface area contributed by atoms with Crippen molar-refractivity contribution in [3.8, 4) is 44.5 Å². The number of benzene rings is 12. The zero-order chi connectivity index (χ0) is 44.2. The van der Waals surface area contributed by atoms with Crippen LogP contribution in [0.25, 0.3) is 165 Å². The standard InChI is InChI=1S/C64H34O4/c1-5-13-55-39(9-1)51-29-35(17-25-59(51)65-55)47-33-48(36-18-26-60-52(30-36)40-10-2-6-14-56(40)66-60)44-23-24-46-50(38-20-28-62-54(32-38)42-12-4-8-16-58(42)68-62)34-49(45-22-21-43(47)63(44)64(45)46)37-19-27-61-53(31-37)41-11-3-7-15-57(41)67-61/h1-34H. The normalized spacial score (nSPS) is 12.4. The molecule has 0 N–H and O–H groups in total. The molecule has 314 valence electrons. The lowest BCUT2D eigenvalue weighted by Crippen LogP contribution is -1.94. The quantitative estimate of drug-likeness (QED) is 0.165. The molecule has 4 nitrogen and oxygen atoms in total. The summed E-state index contributed by atoms with van der Waals surface area (Å²) in [5.41, 5.74) is 16.3. The van der Waals surface area contributed by atoms with E-state index in [-0.39, 0.29) is 0 Å². The van der Waals surface area contributed by atoms with E-state index in [1.807, 2.05) is 48.5 Å². The third-order valence-electron chi connectivity index (χ3n) is 14.6. The number of fused-ring (bicyclic) bond motifs is 12.